The molecule has 0 aliphatic rings. The van der Waals surface area contributed by atoms with E-state index in [1.54, 1.807) is 17.0 Å². The summed E-state index contributed by atoms with van der Waals surface area (Å²) in [5, 5.41) is 9.64. The number of carbonyl (C=O) groups is 1. The van der Waals surface area contributed by atoms with Crippen molar-refractivity contribution >= 4 is 16.8 Å². The molecule has 2 aromatic rings. The molecule has 0 saturated heterocycles. The molecule has 2 rings (SSSR count). The van der Waals surface area contributed by atoms with Gasteiger partial charge in [0.05, 0.1) is 0 Å². The lowest BCUT2D eigenvalue weighted by atomic mass is 10.2. The Morgan fingerprint density at radius 3 is 2.76 bits per heavy atom. The summed E-state index contributed by atoms with van der Waals surface area (Å²) in [5.41, 5.74) is 1.21. The number of amides is 1. The Labute approximate surface area is 123 Å². The van der Waals surface area contributed by atoms with E-state index in [1.165, 1.54) is 12.1 Å². The third kappa shape index (κ3) is 3.82. The first kappa shape index (κ1) is 15.5. The van der Waals surface area contributed by atoms with Gasteiger partial charge in [-0.3, -0.25) is 4.79 Å². The van der Waals surface area contributed by atoms with Crippen molar-refractivity contribution in [2.75, 3.05) is 19.7 Å². The molecule has 0 fully saturated rings. The van der Waals surface area contributed by atoms with Crippen LogP contribution in [0.4, 0.5) is 4.39 Å². The van der Waals surface area contributed by atoms with Gasteiger partial charge in [0, 0.05) is 30.6 Å². The molecule has 1 amide bonds. The lowest BCUT2D eigenvalue weighted by Crippen LogP contribution is -2.33. The maximum Gasteiger partial charge on any atom is 0.270 e. The zero-order valence-electron chi connectivity index (χ0n) is 12.2. The van der Waals surface area contributed by atoms with Gasteiger partial charge in [-0.2, -0.15) is 0 Å². The zero-order chi connectivity index (χ0) is 15.2. The number of carbonyl (C=O) groups excluding carboxylic acids is 1. The molecule has 114 valence electrons. The van der Waals surface area contributed by atoms with E-state index in [1.807, 2.05) is 0 Å². The van der Waals surface area contributed by atoms with Crippen LogP contribution in [0.15, 0.2) is 24.3 Å². The molecule has 0 aliphatic carbocycles. The Morgan fingerprint density at radius 1 is 1.29 bits per heavy atom. The minimum Gasteiger partial charge on any atom is -0.396 e. The van der Waals surface area contributed by atoms with Gasteiger partial charge in [0.2, 0.25) is 0 Å². The maximum atomic E-state index is 13.2. The Bertz CT molecular complexity index is 601. The van der Waals surface area contributed by atoms with Crippen LogP contribution in [0.2, 0.25) is 0 Å². The lowest BCUT2D eigenvalue weighted by molar-refractivity contribution is 0.0737. The summed E-state index contributed by atoms with van der Waals surface area (Å²) in [6, 6.07) is 6.09. The molecule has 0 bridgehead atoms. The van der Waals surface area contributed by atoms with Crippen LogP contribution in [-0.4, -0.2) is 40.6 Å². The number of aromatic nitrogens is 1. The van der Waals surface area contributed by atoms with E-state index in [9.17, 15) is 9.18 Å². The second-order valence-corrected chi connectivity index (χ2v) is 5.14. The number of aliphatic hydroxyl groups is 1. The quantitative estimate of drug-likeness (QED) is 0.824. The Kier molecular flexibility index (Phi) is 5.33. The number of nitrogens with one attached hydrogen (secondary N) is 1. The molecule has 0 spiro atoms. The molecule has 1 aromatic heterocycles. The smallest absolute Gasteiger partial charge is 0.270 e. The number of aliphatic hydroxyl groups excluding tert-OH is 1. The van der Waals surface area contributed by atoms with Gasteiger partial charge in [-0.05, 0) is 37.1 Å². The summed E-state index contributed by atoms with van der Waals surface area (Å²) >= 11 is 0. The van der Waals surface area contributed by atoms with E-state index in [4.69, 9.17) is 5.11 Å². The normalized spacial score (nSPS) is 11.0. The van der Waals surface area contributed by atoms with Gasteiger partial charge in [-0.15, -0.1) is 0 Å². The first-order valence-corrected chi connectivity index (χ1v) is 7.34. The summed E-state index contributed by atoms with van der Waals surface area (Å²) < 4.78 is 13.2. The van der Waals surface area contributed by atoms with Crippen molar-refractivity contribution in [3.8, 4) is 0 Å². The minimum absolute atomic E-state index is 0.0633. The second kappa shape index (κ2) is 7.22. The van der Waals surface area contributed by atoms with Crippen LogP contribution in [0.5, 0.6) is 0 Å². The third-order valence-electron chi connectivity index (χ3n) is 3.47. The van der Waals surface area contributed by atoms with E-state index in [0.29, 0.717) is 30.6 Å². The first-order chi connectivity index (χ1) is 10.2. The van der Waals surface area contributed by atoms with E-state index in [2.05, 4.69) is 11.9 Å². The standard InChI is InChI=1S/C16H21FN2O2/c1-2-3-7-19(8-4-9-20)16(21)15-11-12-10-13(17)5-6-14(12)18-15/h5-6,10-11,18,20H,2-4,7-9H2,1H3. The number of benzene rings is 1. The fourth-order valence-corrected chi connectivity index (χ4v) is 2.31. The highest BCUT2D eigenvalue weighted by Crippen LogP contribution is 2.18. The number of rotatable bonds is 7. The lowest BCUT2D eigenvalue weighted by Gasteiger charge is -2.21. The molecule has 0 atom stereocenters. The molecule has 0 saturated carbocycles. The number of H-pyrrole nitrogens is 1. The van der Waals surface area contributed by atoms with Crippen LogP contribution in [0.3, 0.4) is 0 Å². The predicted molar refractivity (Wildman–Crippen MR) is 80.8 cm³/mol. The topological polar surface area (TPSA) is 56.3 Å². The maximum absolute atomic E-state index is 13.2. The molecular weight excluding hydrogens is 271 g/mol. The number of hydrogen-bond acceptors (Lipinski definition) is 2. The molecule has 0 unspecified atom stereocenters. The molecule has 0 radical (unpaired) electrons. The summed E-state index contributed by atoms with van der Waals surface area (Å²) in [5.74, 6) is -0.419. The van der Waals surface area contributed by atoms with E-state index in [-0.39, 0.29) is 18.3 Å². The summed E-state index contributed by atoms with van der Waals surface area (Å²) in [6.07, 6.45) is 2.48. The number of nitrogens with zero attached hydrogens (tertiary/aromatic N) is 1. The van der Waals surface area contributed by atoms with Crippen LogP contribution >= 0.6 is 0 Å². The summed E-state index contributed by atoms with van der Waals surface area (Å²) in [6.45, 7) is 3.33. The number of aromatic amines is 1. The highest BCUT2D eigenvalue weighted by Gasteiger charge is 2.17. The van der Waals surface area contributed by atoms with Gasteiger partial charge in [0.15, 0.2) is 0 Å². The van der Waals surface area contributed by atoms with Crippen molar-refractivity contribution in [2.24, 2.45) is 0 Å². The fourth-order valence-electron chi connectivity index (χ4n) is 2.31. The van der Waals surface area contributed by atoms with Crippen LogP contribution in [-0.2, 0) is 0 Å². The van der Waals surface area contributed by atoms with Gasteiger partial charge in [0.1, 0.15) is 11.5 Å². The monoisotopic (exact) mass is 292 g/mol. The van der Waals surface area contributed by atoms with Crippen molar-refractivity contribution in [1.82, 2.24) is 9.88 Å². The van der Waals surface area contributed by atoms with Crippen molar-refractivity contribution < 1.29 is 14.3 Å². The SMILES string of the molecule is CCCCN(CCCO)C(=O)c1cc2cc(F)ccc2[nH]1. The molecular formula is C16H21FN2O2. The number of hydrogen-bond donors (Lipinski definition) is 2. The number of unbranched alkanes of at least 4 members (excludes halogenated alkanes) is 1. The van der Waals surface area contributed by atoms with Crippen LogP contribution in [0.25, 0.3) is 10.9 Å². The number of halogens is 1. The largest absolute Gasteiger partial charge is 0.396 e. The van der Waals surface area contributed by atoms with Crippen LogP contribution in [0.1, 0.15) is 36.7 Å². The summed E-state index contributed by atoms with van der Waals surface area (Å²) in [4.78, 5) is 17.3. The Morgan fingerprint density at radius 2 is 2.05 bits per heavy atom. The molecule has 1 aromatic carbocycles. The third-order valence-corrected chi connectivity index (χ3v) is 3.47. The molecule has 4 nitrogen and oxygen atoms in total. The van der Waals surface area contributed by atoms with Gasteiger partial charge in [0.25, 0.3) is 5.91 Å². The van der Waals surface area contributed by atoms with Crippen molar-refractivity contribution in [2.45, 2.75) is 26.2 Å². The van der Waals surface area contributed by atoms with Gasteiger partial charge in [-0.25, -0.2) is 4.39 Å². The van der Waals surface area contributed by atoms with Gasteiger partial charge >= 0.3 is 0 Å². The molecule has 1 heterocycles. The van der Waals surface area contributed by atoms with Crippen LogP contribution < -0.4 is 0 Å². The average molecular weight is 292 g/mol. The van der Waals surface area contributed by atoms with E-state index < -0.39 is 0 Å². The fraction of sp³-hybridized carbons (Fsp3) is 0.438. The van der Waals surface area contributed by atoms with Gasteiger partial charge < -0.3 is 15.0 Å². The highest BCUT2D eigenvalue weighted by atomic mass is 19.1. The van der Waals surface area contributed by atoms with Crippen molar-refractivity contribution in [3.05, 3.63) is 35.8 Å². The van der Waals surface area contributed by atoms with Crippen LogP contribution in [0, 0.1) is 5.82 Å². The minimum atomic E-state index is -0.316. The molecule has 21 heavy (non-hydrogen) atoms. The molecule has 5 heteroatoms. The Balaban J connectivity index is 2.20. The van der Waals surface area contributed by atoms with E-state index >= 15 is 0 Å². The summed E-state index contributed by atoms with van der Waals surface area (Å²) in [7, 11) is 0. The van der Waals surface area contributed by atoms with Crippen molar-refractivity contribution in [3.63, 3.8) is 0 Å². The first-order valence-electron chi connectivity index (χ1n) is 7.34. The molecule has 0 aliphatic heterocycles. The molecule has 2 N–H and O–H groups in total. The predicted octanol–water partition coefficient (Wildman–Crippen LogP) is 2.93. The Hall–Kier alpha value is -1.88. The average Bonchev–Trinajstić information content (AvgIpc) is 2.89. The van der Waals surface area contributed by atoms with E-state index in [0.717, 1.165) is 18.4 Å². The zero-order valence-corrected chi connectivity index (χ0v) is 12.2. The van der Waals surface area contributed by atoms with Crippen molar-refractivity contribution in [1.29, 1.82) is 0 Å². The second-order valence-electron chi connectivity index (χ2n) is 5.14. The van der Waals surface area contributed by atoms with Gasteiger partial charge in [-0.1, -0.05) is 13.3 Å². The number of fused-ring (bicyclic) bond motifs is 1. The highest BCUT2D eigenvalue weighted by molar-refractivity contribution is 5.98.